The number of aliphatic imine (C=N–C) groups is 1. The minimum Gasteiger partial charge on any atom is -0.211 e. The molecule has 1 radical (unpaired) electrons. The van der Waals surface area contributed by atoms with Gasteiger partial charge in [0.05, 0.1) is 6.54 Å². The van der Waals surface area contributed by atoms with Crippen LogP contribution in [-0.4, -0.2) is 6.08 Å². The highest BCUT2D eigenvalue weighted by molar-refractivity contribution is 5.33. The zero-order valence-corrected chi connectivity index (χ0v) is 9.56. The van der Waals surface area contributed by atoms with E-state index in [0.29, 0.717) is 0 Å². The van der Waals surface area contributed by atoms with Crippen LogP contribution in [0.25, 0.3) is 0 Å². The Bertz CT molecular complexity index is 315. The van der Waals surface area contributed by atoms with Crippen LogP contribution in [0.15, 0.2) is 35.3 Å². The highest BCUT2D eigenvalue weighted by atomic mass is 16.1. The molecule has 0 heterocycles. The molecule has 0 aliphatic rings. The number of unbranched alkanes of at least 4 members (excludes halogenated alkanes) is 4. The predicted octanol–water partition coefficient (Wildman–Crippen LogP) is 3.68. The minimum absolute atomic E-state index is 0.889. The van der Waals surface area contributed by atoms with E-state index in [9.17, 15) is 4.79 Å². The second-order valence-electron chi connectivity index (χ2n) is 3.84. The van der Waals surface area contributed by atoms with Gasteiger partial charge in [0.15, 0.2) is 0 Å². The third kappa shape index (κ3) is 6.15. The average Bonchev–Trinajstić information content (AvgIpc) is 2.34. The summed E-state index contributed by atoms with van der Waals surface area (Å²) in [4.78, 5) is 13.2. The second kappa shape index (κ2) is 8.87. The summed E-state index contributed by atoms with van der Waals surface area (Å²) in [6, 6.07) is 10.6. The summed E-state index contributed by atoms with van der Waals surface area (Å²) in [6.07, 6.45) is 8.36. The molecular weight excluding hydrogens is 198 g/mol. The van der Waals surface area contributed by atoms with Crippen molar-refractivity contribution in [2.45, 2.75) is 38.5 Å². The van der Waals surface area contributed by atoms with Gasteiger partial charge in [-0.05, 0) is 24.8 Å². The number of benzene rings is 1. The van der Waals surface area contributed by atoms with E-state index in [1.807, 2.05) is 6.07 Å². The summed E-state index contributed by atoms with van der Waals surface area (Å²) in [5.41, 5.74) is 1.42. The Morgan fingerprint density at radius 3 is 2.56 bits per heavy atom. The molecule has 1 aromatic rings. The van der Waals surface area contributed by atoms with Crippen LogP contribution in [-0.2, 0) is 11.2 Å². The van der Waals surface area contributed by atoms with Gasteiger partial charge >= 0.3 is 0 Å². The number of nitrogens with zero attached hydrogens (tertiary/aromatic N) is 1. The van der Waals surface area contributed by atoms with E-state index in [2.05, 4.69) is 29.3 Å². The molecule has 0 aliphatic heterocycles. The highest BCUT2D eigenvalue weighted by Gasteiger charge is 1.93. The lowest BCUT2D eigenvalue weighted by Crippen LogP contribution is -1.85. The molecule has 0 bridgehead atoms. The standard InChI is InChI=1S/C14H18NO/c16-13-15-12-8-3-1-2-5-9-14-10-6-4-7-11-14/h4,6-7,10-12H,1-3,5,8-9H2. The first kappa shape index (κ1) is 12.7. The number of hydrogen-bond donors (Lipinski definition) is 0. The van der Waals surface area contributed by atoms with Crippen LogP contribution in [0.2, 0.25) is 0 Å². The summed E-state index contributed by atoms with van der Waals surface area (Å²) >= 11 is 0. The van der Waals surface area contributed by atoms with Crippen LogP contribution in [0, 0.1) is 6.54 Å². The van der Waals surface area contributed by atoms with Gasteiger partial charge in [0.1, 0.15) is 0 Å². The molecule has 0 saturated carbocycles. The molecule has 0 atom stereocenters. The van der Waals surface area contributed by atoms with Crippen molar-refractivity contribution in [1.29, 1.82) is 0 Å². The largest absolute Gasteiger partial charge is 0.235 e. The monoisotopic (exact) mass is 216 g/mol. The first-order valence-electron chi connectivity index (χ1n) is 5.86. The summed E-state index contributed by atoms with van der Waals surface area (Å²) < 4.78 is 0. The lowest BCUT2D eigenvalue weighted by atomic mass is 10.1. The maximum absolute atomic E-state index is 9.77. The van der Waals surface area contributed by atoms with Crippen molar-refractivity contribution >= 4 is 6.08 Å². The fraction of sp³-hybridized carbons (Fsp3) is 0.429. The van der Waals surface area contributed by atoms with Crippen molar-refractivity contribution in [3.63, 3.8) is 0 Å². The molecule has 0 unspecified atom stereocenters. The van der Waals surface area contributed by atoms with Gasteiger partial charge in [0, 0.05) is 0 Å². The molecule has 16 heavy (non-hydrogen) atoms. The molecule has 0 saturated heterocycles. The number of aryl methyl sites for hydroxylation is 1. The fourth-order valence-electron chi connectivity index (χ4n) is 1.66. The Labute approximate surface area is 97.4 Å². The third-order valence-electron chi connectivity index (χ3n) is 2.54. The van der Waals surface area contributed by atoms with Gasteiger partial charge in [-0.25, -0.2) is 9.79 Å². The van der Waals surface area contributed by atoms with Crippen LogP contribution in [0.5, 0.6) is 0 Å². The van der Waals surface area contributed by atoms with Crippen LogP contribution < -0.4 is 0 Å². The van der Waals surface area contributed by atoms with Gasteiger partial charge in [-0.2, -0.15) is 0 Å². The van der Waals surface area contributed by atoms with Gasteiger partial charge in [-0.3, -0.25) is 0 Å². The summed E-state index contributed by atoms with van der Waals surface area (Å²) in [5.74, 6) is 0. The van der Waals surface area contributed by atoms with E-state index in [1.54, 1.807) is 6.54 Å². The number of carbonyl (C=O) groups excluding carboxylic acids is 1. The number of rotatable bonds is 8. The zero-order chi connectivity index (χ0) is 11.5. The first-order chi connectivity index (χ1) is 7.93. The van der Waals surface area contributed by atoms with E-state index in [1.165, 1.54) is 30.9 Å². The van der Waals surface area contributed by atoms with E-state index in [4.69, 9.17) is 0 Å². The smallest absolute Gasteiger partial charge is 0.211 e. The Balaban J connectivity index is 1.94. The van der Waals surface area contributed by atoms with Crippen molar-refractivity contribution in [1.82, 2.24) is 0 Å². The fourth-order valence-corrected chi connectivity index (χ4v) is 1.66. The van der Waals surface area contributed by atoms with Crippen molar-refractivity contribution < 1.29 is 4.79 Å². The molecular formula is C14H18NO. The van der Waals surface area contributed by atoms with Crippen LogP contribution in [0.3, 0.4) is 0 Å². The Kier molecular flexibility index (Phi) is 7.02. The molecule has 1 aromatic carbocycles. The van der Waals surface area contributed by atoms with Crippen LogP contribution in [0.1, 0.15) is 37.7 Å². The first-order valence-corrected chi connectivity index (χ1v) is 5.86. The molecule has 0 fully saturated rings. The normalized spacial score (nSPS) is 9.75. The van der Waals surface area contributed by atoms with E-state index >= 15 is 0 Å². The molecule has 0 N–H and O–H groups in total. The van der Waals surface area contributed by atoms with Crippen molar-refractivity contribution in [2.75, 3.05) is 0 Å². The SMILES string of the molecule is O=C=N[CH]CCCCCCc1ccccc1. The van der Waals surface area contributed by atoms with Crippen molar-refractivity contribution in [2.24, 2.45) is 4.99 Å². The average molecular weight is 216 g/mol. The number of isocyanates is 1. The van der Waals surface area contributed by atoms with Crippen LogP contribution >= 0.6 is 0 Å². The van der Waals surface area contributed by atoms with Gasteiger partial charge in [0.2, 0.25) is 6.08 Å². The lowest BCUT2D eigenvalue weighted by molar-refractivity contribution is 0.563. The Hall–Kier alpha value is -1.40. The van der Waals surface area contributed by atoms with Gasteiger partial charge < -0.3 is 0 Å². The molecule has 1 rings (SSSR count). The maximum Gasteiger partial charge on any atom is 0.235 e. The minimum atomic E-state index is 0.889. The Morgan fingerprint density at radius 2 is 1.81 bits per heavy atom. The summed E-state index contributed by atoms with van der Waals surface area (Å²) in [6.45, 7) is 1.64. The van der Waals surface area contributed by atoms with E-state index in [0.717, 1.165) is 19.3 Å². The molecule has 2 heteroatoms. The maximum atomic E-state index is 9.77. The lowest BCUT2D eigenvalue weighted by Gasteiger charge is -2.01. The molecule has 85 valence electrons. The molecule has 0 amide bonds. The van der Waals surface area contributed by atoms with Crippen molar-refractivity contribution in [3.8, 4) is 0 Å². The van der Waals surface area contributed by atoms with Gasteiger partial charge in [-0.15, -0.1) is 0 Å². The second-order valence-corrected chi connectivity index (χ2v) is 3.84. The Morgan fingerprint density at radius 1 is 1.06 bits per heavy atom. The van der Waals surface area contributed by atoms with Gasteiger partial charge in [0.25, 0.3) is 0 Å². The molecule has 0 aliphatic carbocycles. The zero-order valence-electron chi connectivity index (χ0n) is 9.56. The highest BCUT2D eigenvalue weighted by Crippen LogP contribution is 2.09. The number of hydrogen-bond acceptors (Lipinski definition) is 2. The molecule has 0 aromatic heterocycles. The quantitative estimate of drug-likeness (QED) is 0.370. The van der Waals surface area contributed by atoms with E-state index < -0.39 is 0 Å². The molecule has 2 nitrogen and oxygen atoms in total. The summed E-state index contributed by atoms with van der Waals surface area (Å²) in [7, 11) is 0. The third-order valence-corrected chi connectivity index (χ3v) is 2.54. The van der Waals surface area contributed by atoms with E-state index in [-0.39, 0.29) is 0 Å². The van der Waals surface area contributed by atoms with Crippen LogP contribution in [0.4, 0.5) is 0 Å². The molecule has 0 spiro atoms. The topological polar surface area (TPSA) is 29.4 Å². The van der Waals surface area contributed by atoms with Crippen molar-refractivity contribution in [3.05, 3.63) is 42.4 Å². The summed E-state index contributed by atoms with van der Waals surface area (Å²) in [5, 5.41) is 0. The predicted molar refractivity (Wildman–Crippen MR) is 65.7 cm³/mol. The van der Waals surface area contributed by atoms with Gasteiger partial charge in [-0.1, -0.05) is 49.6 Å².